The van der Waals surface area contributed by atoms with Gasteiger partial charge in [0.05, 0.1) is 110 Å². The quantitative estimate of drug-likeness (QED) is 0.145. The SMILES string of the molecule is COc1c(OC)c2c3ccccc3c1COCc1c(OC)c(OC)c(c3ccccc13)COCc1c(OC)c(OC)c(c3ccccc13)COCc1c(OC)c(OC)c(c3ccccc13)COC2. The van der Waals surface area contributed by atoms with Gasteiger partial charge in [0, 0.05) is 44.5 Å². The zero-order valence-corrected chi connectivity index (χ0v) is 39.8. The van der Waals surface area contributed by atoms with Crippen LogP contribution in [0.2, 0.25) is 0 Å². The summed E-state index contributed by atoms with van der Waals surface area (Å²) in [5, 5.41) is 7.59. The van der Waals surface area contributed by atoms with Crippen molar-refractivity contribution in [1.29, 1.82) is 0 Å². The second-order valence-corrected chi connectivity index (χ2v) is 16.2. The van der Waals surface area contributed by atoms with Gasteiger partial charge in [-0.2, -0.15) is 0 Å². The Balaban J connectivity index is 1.21. The highest BCUT2D eigenvalue weighted by Crippen LogP contribution is 2.48. The Bertz CT molecular complexity index is 2520. The number of benzene rings is 8. The molecule has 2 aliphatic rings. The van der Waals surface area contributed by atoms with Crippen molar-refractivity contribution < 1.29 is 56.8 Å². The zero-order valence-electron chi connectivity index (χ0n) is 39.8. The first-order valence-corrected chi connectivity index (χ1v) is 22.3. The Morgan fingerprint density at radius 1 is 0.221 bits per heavy atom. The summed E-state index contributed by atoms with van der Waals surface area (Å²) in [5.74, 6) is 4.48. The van der Waals surface area contributed by atoms with Crippen LogP contribution in [-0.4, -0.2) is 56.9 Å². The second kappa shape index (κ2) is 20.5. The minimum atomic E-state index is 0.197. The molecule has 8 aromatic rings. The molecule has 0 fully saturated rings. The molecular formula is C56H56O12. The van der Waals surface area contributed by atoms with Crippen LogP contribution in [0.25, 0.3) is 43.1 Å². The molecule has 12 heteroatoms. The van der Waals surface area contributed by atoms with Gasteiger partial charge in [0.2, 0.25) is 0 Å². The largest absolute Gasteiger partial charge is 0.492 e. The Morgan fingerprint density at radius 2 is 0.338 bits per heavy atom. The first-order chi connectivity index (χ1) is 33.5. The van der Waals surface area contributed by atoms with Crippen molar-refractivity contribution in [2.24, 2.45) is 0 Å². The third kappa shape index (κ3) is 8.06. The van der Waals surface area contributed by atoms with Gasteiger partial charge in [-0.3, -0.25) is 0 Å². The van der Waals surface area contributed by atoms with Crippen LogP contribution in [0.4, 0.5) is 0 Å². The lowest BCUT2D eigenvalue weighted by Crippen LogP contribution is -2.09. The predicted molar refractivity (Wildman–Crippen MR) is 262 cm³/mol. The Labute approximate surface area is 396 Å². The van der Waals surface area contributed by atoms with Crippen molar-refractivity contribution in [1.82, 2.24) is 0 Å². The molecule has 2 heterocycles. The second-order valence-electron chi connectivity index (χ2n) is 16.2. The highest BCUT2D eigenvalue weighted by Gasteiger charge is 2.28. The number of rotatable bonds is 8. The molecule has 8 aromatic carbocycles. The van der Waals surface area contributed by atoms with Gasteiger partial charge in [0.1, 0.15) is 0 Å². The van der Waals surface area contributed by atoms with Crippen LogP contribution in [0, 0.1) is 0 Å². The first-order valence-electron chi connectivity index (χ1n) is 22.3. The van der Waals surface area contributed by atoms with Crippen molar-refractivity contribution in [2.75, 3.05) is 56.9 Å². The van der Waals surface area contributed by atoms with Crippen molar-refractivity contribution >= 4 is 43.1 Å². The average Bonchev–Trinajstić information content (AvgIpc) is 3.38. The van der Waals surface area contributed by atoms with Gasteiger partial charge in [-0.1, -0.05) is 97.1 Å². The standard InChI is InChI=1S/C56H56O12/c1-57-49-41-25-65-27-43-35-19-11-12-20-36(35)45(53(61-5)51(43)59-3)29-67-31-47-39-23-15-16-24-40(39)48(56(64-8)55(47)63-7)32-68-30-46-38-22-14-13-21-37(38)44(52(60-4)54(46)62-6)28-66-26-42(50(49)58-2)34-18-10-9-17-33(34)41/h9-24H,25-32H2,1-8H3. The maximum absolute atomic E-state index is 6.68. The number of hydrogen-bond acceptors (Lipinski definition) is 12. The van der Waals surface area contributed by atoms with E-state index in [0.29, 0.717) is 46.0 Å². The van der Waals surface area contributed by atoms with E-state index in [1.54, 1.807) is 56.9 Å². The summed E-state index contributed by atoms with van der Waals surface area (Å²) in [4.78, 5) is 0. The molecule has 0 amide bonds. The van der Waals surface area contributed by atoms with Gasteiger partial charge in [0.25, 0.3) is 0 Å². The Hall–Kier alpha value is -6.96. The number of ether oxygens (including phenoxy) is 12. The highest BCUT2D eigenvalue weighted by molar-refractivity contribution is 5.96. The smallest absolute Gasteiger partial charge is 0.167 e. The number of methoxy groups -OCH3 is 8. The topological polar surface area (TPSA) is 111 Å². The van der Waals surface area contributed by atoms with Gasteiger partial charge in [-0.05, 0) is 43.1 Å². The van der Waals surface area contributed by atoms with E-state index in [0.717, 1.165) is 87.6 Å². The predicted octanol–water partition coefficient (Wildman–Crippen LogP) is 11.5. The van der Waals surface area contributed by atoms with Crippen molar-refractivity contribution in [3.63, 3.8) is 0 Å². The summed E-state index contributed by atoms with van der Waals surface area (Å²) >= 11 is 0. The van der Waals surface area contributed by atoms with Crippen LogP contribution in [-0.2, 0) is 71.8 Å². The molecule has 12 nitrogen and oxygen atoms in total. The Kier molecular flexibility index (Phi) is 13.9. The Morgan fingerprint density at radius 3 is 0.441 bits per heavy atom. The maximum Gasteiger partial charge on any atom is 0.167 e. The van der Waals surface area contributed by atoms with Gasteiger partial charge < -0.3 is 56.8 Å². The molecule has 0 atom stereocenters. The molecule has 68 heavy (non-hydrogen) atoms. The van der Waals surface area contributed by atoms with Crippen molar-refractivity contribution in [3.05, 3.63) is 142 Å². The average molecular weight is 921 g/mol. The van der Waals surface area contributed by atoms with E-state index in [1.807, 2.05) is 48.5 Å². The van der Waals surface area contributed by atoms with Crippen LogP contribution in [0.5, 0.6) is 46.0 Å². The summed E-state index contributed by atoms with van der Waals surface area (Å²) in [7, 11) is 13.1. The lowest BCUT2D eigenvalue weighted by molar-refractivity contribution is 0.0992. The molecule has 352 valence electrons. The van der Waals surface area contributed by atoms with E-state index >= 15 is 0 Å². The van der Waals surface area contributed by atoms with E-state index in [1.165, 1.54) is 0 Å². The van der Waals surface area contributed by atoms with Gasteiger partial charge >= 0.3 is 0 Å². The molecule has 0 radical (unpaired) electrons. The van der Waals surface area contributed by atoms with E-state index in [-0.39, 0.29) is 52.9 Å². The minimum absolute atomic E-state index is 0.197. The van der Waals surface area contributed by atoms with Gasteiger partial charge in [-0.15, -0.1) is 0 Å². The zero-order chi connectivity index (χ0) is 47.3. The molecule has 0 aliphatic carbocycles. The van der Waals surface area contributed by atoms with Gasteiger partial charge in [-0.25, -0.2) is 0 Å². The summed E-state index contributed by atoms with van der Waals surface area (Å²) < 4.78 is 76.0. The van der Waals surface area contributed by atoms with Crippen LogP contribution < -0.4 is 37.9 Å². The van der Waals surface area contributed by atoms with Gasteiger partial charge in [0.15, 0.2) is 46.0 Å². The fraction of sp³-hybridized carbons (Fsp3) is 0.286. The lowest BCUT2D eigenvalue weighted by Gasteiger charge is -2.24. The van der Waals surface area contributed by atoms with E-state index in [4.69, 9.17) is 56.8 Å². The molecule has 0 saturated heterocycles. The molecular weight excluding hydrogens is 865 g/mol. The van der Waals surface area contributed by atoms with E-state index in [9.17, 15) is 0 Å². The summed E-state index contributed by atoms with van der Waals surface area (Å²) in [5.41, 5.74) is 6.67. The fourth-order valence-electron chi connectivity index (χ4n) is 10.0. The van der Waals surface area contributed by atoms with Crippen LogP contribution in [0.1, 0.15) is 44.5 Å². The summed E-state index contributed by atoms with van der Waals surface area (Å²) in [6.07, 6.45) is 0. The fourth-order valence-corrected chi connectivity index (χ4v) is 10.0. The third-order valence-corrected chi connectivity index (χ3v) is 12.9. The normalized spacial score (nSPS) is 13.8. The van der Waals surface area contributed by atoms with E-state index < -0.39 is 0 Å². The molecule has 0 saturated carbocycles. The van der Waals surface area contributed by atoms with Crippen molar-refractivity contribution in [3.8, 4) is 46.0 Å². The monoisotopic (exact) mass is 920 g/mol. The molecule has 0 aromatic heterocycles. The molecule has 8 bridgehead atoms. The van der Waals surface area contributed by atoms with Crippen LogP contribution >= 0.6 is 0 Å². The van der Waals surface area contributed by atoms with Crippen LogP contribution in [0.15, 0.2) is 97.1 Å². The van der Waals surface area contributed by atoms with Crippen molar-refractivity contribution in [2.45, 2.75) is 52.9 Å². The lowest BCUT2D eigenvalue weighted by atomic mass is 9.96. The minimum Gasteiger partial charge on any atom is -0.492 e. The number of fused-ring (bicyclic) bond motifs is 12. The first kappa shape index (κ1) is 46.2. The molecule has 0 N–H and O–H groups in total. The maximum atomic E-state index is 6.68. The summed E-state index contributed by atoms with van der Waals surface area (Å²) in [6, 6.07) is 32.6. The molecule has 0 spiro atoms. The summed E-state index contributed by atoms with van der Waals surface area (Å²) in [6.45, 7) is 1.58. The number of hydrogen-bond donors (Lipinski definition) is 0. The molecule has 10 rings (SSSR count). The molecule has 0 unspecified atom stereocenters. The highest BCUT2D eigenvalue weighted by atomic mass is 16.5. The van der Waals surface area contributed by atoms with Crippen LogP contribution in [0.3, 0.4) is 0 Å². The third-order valence-electron chi connectivity index (χ3n) is 12.9. The van der Waals surface area contributed by atoms with E-state index in [2.05, 4.69) is 48.5 Å². The molecule has 2 aliphatic heterocycles.